The van der Waals surface area contributed by atoms with Crippen molar-refractivity contribution in [2.24, 2.45) is 0 Å². The minimum Gasteiger partial charge on any atom is -0.465 e. The summed E-state index contributed by atoms with van der Waals surface area (Å²) in [6.45, 7) is 3.99. The molecule has 0 aliphatic rings. The van der Waals surface area contributed by atoms with Crippen molar-refractivity contribution in [1.82, 2.24) is 0 Å². The molecule has 0 saturated heterocycles. The van der Waals surface area contributed by atoms with Crippen LogP contribution in [0.2, 0.25) is 0 Å². The zero-order valence-corrected chi connectivity index (χ0v) is 11.0. The Labute approximate surface area is 116 Å². The van der Waals surface area contributed by atoms with Crippen LogP contribution in [0.4, 0.5) is 14.9 Å². The molecule has 20 heavy (non-hydrogen) atoms. The van der Waals surface area contributed by atoms with Crippen LogP contribution in [-0.4, -0.2) is 18.2 Å². The lowest BCUT2D eigenvalue weighted by Gasteiger charge is -2.18. The minimum atomic E-state index is -1.05. The van der Waals surface area contributed by atoms with E-state index in [-0.39, 0.29) is 5.82 Å². The number of hydrogen-bond acceptors (Lipinski definition) is 1. The summed E-state index contributed by atoms with van der Waals surface area (Å²) in [5, 5.41) is 9.10. The van der Waals surface area contributed by atoms with Crippen LogP contribution in [-0.2, 0) is 0 Å². The summed E-state index contributed by atoms with van der Waals surface area (Å²) >= 11 is 0. The highest BCUT2D eigenvalue weighted by Crippen LogP contribution is 2.30. The minimum absolute atomic E-state index is 0.322. The number of carbonyl (C=O) groups is 1. The smallest absolute Gasteiger partial charge is 0.411 e. The fourth-order valence-corrected chi connectivity index (χ4v) is 1.93. The molecule has 0 spiro atoms. The maximum absolute atomic E-state index is 13.0. The van der Waals surface area contributed by atoms with Crippen LogP contribution in [0, 0.1) is 5.82 Å². The van der Waals surface area contributed by atoms with Crippen molar-refractivity contribution in [3.63, 3.8) is 0 Å². The normalized spacial score (nSPS) is 10.1. The molecule has 102 valence electrons. The molecule has 2 aromatic carbocycles. The second-order valence-electron chi connectivity index (χ2n) is 4.34. The maximum Gasteiger partial charge on any atom is 0.411 e. The third-order valence-electron chi connectivity index (χ3n) is 3.07. The first-order chi connectivity index (χ1) is 9.50. The zero-order valence-electron chi connectivity index (χ0n) is 11.0. The Bertz CT molecular complexity index is 650. The maximum atomic E-state index is 13.0. The fraction of sp³-hybridized carbons (Fsp3) is 0.0625. The Morgan fingerprint density at radius 1 is 1.15 bits per heavy atom. The molecule has 0 bridgehead atoms. The lowest BCUT2D eigenvalue weighted by atomic mass is 9.97. The van der Waals surface area contributed by atoms with Crippen molar-refractivity contribution in [2.75, 3.05) is 11.9 Å². The van der Waals surface area contributed by atoms with Gasteiger partial charge in [-0.25, -0.2) is 9.18 Å². The number of halogens is 1. The molecule has 0 radical (unpaired) electrons. The molecule has 0 fully saturated rings. The second-order valence-corrected chi connectivity index (χ2v) is 4.34. The average molecular weight is 271 g/mol. The summed E-state index contributed by atoms with van der Waals surface area (Å²) in [4.78, 5) is 12.2. The molecule has 2 rings (SSSR count). The van der Waals surface area contributed by atoms with Crippen molar-refractivity contribution >= 4 is 17.4 Å². The summed E-state index contributed by atoms with van der Waals surface area (Å²) in [5.74, 6) is -0.322. The summed E-state index contributed by atoms with van der Waals surface area (Å²) in [6, 6.07) is 13.0. The summed E-state index contributed by atoms with van der Waals surface area (Å²) in [5.41, 5.74) is 2.63. The monoisotopic (exact) mass is 271 g/mol. The Hall–Kier alpha value is -2.62. The van der Waals surface area contributed by atoms with Crippen molar-refractivity contribution in [3.8, 4) is 0 Å². The van der Waals surface area contributed by atoms with Gasteiger partial charge in [0, 0.05) is 12.6 Å². The first kappa shape index (κ1) is 13.8. The van der Waals surface area contributed by atoms with E-state index < -0.39 is 6.09 Å². The van der Waals surface area contributed by atoms with Crippen LogP contribution in [0.25, 0.3) is 5.57 Å². The van der Waals surface area contributed by atoms with Crippen molar-refractivity contribution in [3.05, 3.63) is 72.1 Å². The van der Waals surface area contributed by atoms with Crippen LogP contribution in [0.15, 0.2) is 55.1 Å². The topological polar surface area (TPSA) is 40.5 Å². The standard InChI is InChI=1S/C16H14FNO2/c1-11(12-7-9-13(17)10-8-12)14-5-3-4-6-15(14)18(2)16(19)20/h3-10H,1H2,2H3,(H,19,20). The van der Waals surface area contributed by atoms with Crippen LogP contribution >= 0.6 is 0 Å². The zero-order chi connectivity index (χ0) is 14.7. The molecular formula is C16H14FNO2. The van der Waals surface area contributed by atoms with Crippen molar-refractivity contribution in [1.29, 1.82) is 0 Å². The van der Waals surface area contributed by atoms with Gasteiger partial charge < -0.3 is 5.11 Å². The van der Waals surface area contributed by atoms with Gasteiger partial charge in [0.1, 0.15) is 5.82 Å². The van der Waals surface area contributed by atoms with Gasteiger partial charge in [-0.15, -0.1) is 0 Å². The lowest BCUT2D eigenvalue weighted by molar-refractivity contribution is 0.203. The second kappa shape index (κ2) is 5.57. The molecule has 0 atom stereocenters. The van der Waals surface area contributed by atoms with Gasteiger partial charge in [-0.3, -0.25) is 4.90 Å². The van der Waals surface area contributed by atoms with E-state index in [1.54, 1.807) is 30.3 Å². The third kappa shape index (κ3) is 2.69. The summed E-state index contributed by atoms with van der Waals surface area (Å²) in [6.07, 6.45) is -1.05. The highest BCUT2D eigenvalue weighted by molar-refractivity contribution is 5.93. The van der Waals surface area contributed by atoms with E-state index in [1.165, 1.54) is 19.2 Å². The Morgan fingerprint density at radius 2 is 1.75 bits per heavy atom. The van der Waals surface area contributed by atoms with Gasteiger partial charge in [-0.05, 0) is 29.3 Å². The van der Waals surface area contributed by atoms with E-state index in [9.17, 15) is 9.18 Å². The molecule has 0 heterocycles. The quantitative estimate of drug-likeness (QED) is 0.916. The van der Waals surface area contributed by atoms with Gasteiger partial charge in [-0.2, -0.15) is 0 Å². The SMILES string of the molecule is C=C(c1ccc(F)cc1)c1ccccc1N(C)C(=O)O. The average Bonchev–Trinajstić information content (AvgIpc) is 2.46. The lowest BCUT2D eigenvalue weighted by Crippen LogP contribution is -2.24. The number of benzene rings is 2. The summed E-state index contributed by atoms with van der Waals surface area (Å²) in [7, 11) is 1.47. The molecule has 0 aliphatic heterocycles. The molecule has 0 unspecified atom stereocenters. The highest BCUT2D eigenvalue weighted by Gasteiger charge is 2.15. The van der Waals surface area contributed by atoms with E-state index in [0.717, 1.165) is 10.5 Å². The largest absolute Gasteiger partial charge is 0.465 e. The van der Waals surface area contributed by atoms with Crippen LogP contribution in [0.1, 0.15) is 11.1 Å². The molecular weight excluding hydrogens is 257 g/mol. The van der Waals surface area contributed by atoms with Gasteiger partial charge in [-0.1, -0.05) is 36.9 Å². The van der Waals surface area contributed by atoms with Gasteiger partial charge in [0.15, 0.2) is 0 Å². The molecule has 3 nitrogen and oxygen atoms in total. The number of carboxylic acid groups (broad SMARTS) is 1. The molecule has 0 saturated carbocycles. The number of amides is 1. The van der Waals surface area contributed by atoms with Gasteiger partial charge in [0.25, 0.3) is 0 Å². The van der Waals surface area contributed by atoms with Crippen LogP contribution in [0.3, 0.4) is 0 Å². The first-order valence-corrected chi connectivity index (χ1v) is 6.01. The number of rotatable bonds is 3. The fourth-order valence-electron chi connectivity index (χ4n) is 1.93. The number of anilines is 1. The van der Waals surface area contributed by atoms with Crippen molar-refractivity contribution in [2.45, 2.75) is 0 Å². The van der Waals surface area contributed by atoms with Gasteiger partial charge in [0.2, 0.25) is 0 Å². The Morgan fingerprint density at radius 3 is 2.35 bits per heavy atom. The van der Waals surface area contributed by atoms with E-state index in [1.807, 2.05) is 6.07 Å². The molecule has 1 amide bonds. The molecule has 4 heteroatoms. The summed E-state index contributed by atoms with van der Waals surface area (Å²) < 4.78 is 13.0. The van der Waals surface area contributed by atoms with Gasteiger partial charge >= 0.3 is 6.09 Å². The molecule has 0 aliphatic carbocycles. The van der Waals surface area contributed by atoms with Crippen LogP contribution < -0.4 is 4.90 Å². The number of para-hydroxylation sites is 1. The van der Waals surface area contributed by atoms with Gasteiger partial charge in [0.05, 0.1) is 5.69 Å². The molecule has 1 N–H and O–H groups in total. The van der Waals surface area contributed by atoms with Crippen molar-refractivity contribution < 1.29 is 14.3 Å². The number of hydrogen-bond donors (Lipinski definition) is 1. The molecule has 0 aromatic heterocycles. The molecule has 2 aromatic rings. The highest BCUT2D eigenvalue weighted by atomic mass is 19.1. The van der Waals surface area contributed by atoms with E-state index in [4.69, 9.17) is 5.11 Å². The van der Waals surface area contributed by atoms with E-state index >= 15 is 0 Å². The Balaban J connectivity index is 2.45. The van der Waals surface area contributed by atoms with Crippen LogP contribution in [0.5, 0.6) is 0 Å². The predicted molar refractivity (Wildman–Crippen MR) is 77.4 cm³/mol. The predicted octanol–water partition coefficient (Wildman–Crippen LogP) is 4.00. The van der Waals surface area contributed by atoms with E-state index in [2.05, 4.69) is 6.58 Å². The van der Waals surface area contributed by atoms with E-state index in [0.29, 0.717) is 16.8 Å². The Kier molecular flexibility index (Phi) is 3.84. The first-order valence-electron chi connectivity index (χ1n) is 6.01. The third-order valence-corrected chi connectivity index (χ3v) is 3.07. The number of nitrogens with zero attached hydrogens (tertiary/aromatic N) is 1.